The van der Waals surface area contributed by atoms with Crippen LogP contribution in [0.4, 0.5) is 5.69 Å². The fourth-order valence-electron chi connectivity index (χ4n) is 3.87. The molecule has 0 spiro atoms. The lowest BCUT2D eigenvalue weighted by Gasteiger charge is -2.22. The summed E-state index contributed by atoms with van der Waals surface area (Å²) in [6.07, 6.45) is 3.75. The van der Waals surface area contributed by atoms with Crippen LogP contribution in [-0.2, 0) is 11.3 Å². The van der Waals surface area contributed by atoms with Gasteiger partial charge in [-0.15, -0.1) is 22.7 Å². The van der Waals surface area contributed by atoms with Gasteiger partial charge in [0, 0.05) is 23.8 Å². The number of nitrogens with two attached hydrogens (primary N) is 1. The Bertz CT molecular complexity index is 1220. The zero-order chi connectivity index (χ0) is 20.0. The van der Waals surface area contributed by atoms with Crippen LogP contribution in [0, 0.1) is 0 Å². The molecular weight excluding hydrogens is 406 g/mol. The van der Waals surface area contributed by atoms with Crippen molar-refractivity contribution >= 4 is 55.5 Å². The quantitative estimate of drug-likeness (QED) is 0.513. The van der Waals surface area contributed by atoms with Crippen LogP contribution in [0.1, 0.15) is 28.1 Å². The summed E-state index contributed by atoms with van der Waals surface area (Å²) >= 11 is 2.97. The number of aromatic nitrogens is 2. The Hall–Kier alpha value is -2.75. The van der Waals surface area contributed by atoms with E-state index in [4.69, 9.17) is 5.73 Å². The number of hydrogen-bond donors (Lipinski definition) is 2. The molecule has 29 heavy (non-hydrogen) atoms. The van der Waals surface area contributed by atoms with Gasteiger partial charge in [0.05, 0.1) is 16.4 Å². The van der Waals surface area contributed by atoms with E-state index in [9.17, 15) is 9.59 Å². The van der Waals surface area contributed by atoms with Crippen molar-refractivity contribution < 1.29 is 9.59 Å². The number of imidazole rings is 1. The van der Waals surface area contributed by atoms with Crippen LogP contribution in [-0.4, -0.2) is 38.7 Å². The fourth-order valence-corrected chi connectivity index (χ4v) is 5.57. The molecule has 9 heteroatoms. The third kappa shape index (κ3) is 3.41. The Balaban J connectivity index is 1.32. The van der Waals surface area contributed by atoms with Crippen LogP contribution in [0.25, 0.3) is 15.3 Å². The van der Waals surface area contributed by atoms with Crippen molar-refractivity contribution in [2.45, 2.75) is 25.4 Å². The summed E-state index contributed by atoms with van der Waals surface area (Å²) in [4.78, 5) is 33.4. The molecule has 3 aromatic heterocycles. The molecule has 0 radical (unpaired) electrons. The van der Waals surface area contributed by atoms with Gasteiger partial charge in [-0.2, -0.15) is 0 Å². The number of fused-ring (bicyclic) bond motifs is 3. The van der Waals surface area contributed by atoms with Gasteiger partial charge in [-0.05, 0) is 43.1 Å². The molecule has 1 aromatic carbocycles. The summed E-state index contributed by atoms with van der Waals surface area (Å²) in [6, 6.07) is 9.41. The Kier molecular flexibility index (Phi) is 4.57. The molecule has 1 aliphatic heterocycles. The number of anilines is 1. The summed E-state index contributed by atoms with van der Waals surface area (Å²) in [5.41, 5.74) is 8.24. The number of amides is 2. The number of carbonyl (C=O) groups excluding carboxylic acids is 2. The molecule has 5 rings (SSSR count). The van der Waals surface area contributed by atoms with Crippen LogP contribution >= 0.6 is 22.7 Å². The Morgan fingerprint density at radius 2 is 2.21 bits per heavy atom. The van der Waals surface area contributed by atoms with Gasteiger partial charge >= 0.3 is 0 Å². The average molecular weight is 426 g/mol. The van der Waals surface area contributed by atoms with E-state index in [-0.39, 0.29) is 17.9 Å². The molecule has 2 amide bonds. The number of nitrogens with one attached hydrogen (secondary N) is 1. The number of likely N-dealkylation sites (tertiary alicyclic amines) is 1. The van der Waals surface area contributed by atoms with Crippen molar-refractivity contribution in [3.63, 3.8) is 0 Å². The molecule has 4 heterocycles. The van der Waals surface area contributed by atoms with E-state index in [1.807, 2.05) is 46.3 Å². The van der Waals surface area contributed by atoms with E-state index in [1.54, 1.807) is 11.3 Å². The molecular formula is C20H19N5O2S2. The van der Waals surface area contributed by atoms with Crippen molar-refractivity contribution in [1.82, 2.24) is 14.3 Å². The van der Waals surface area contributed by atoms with Crippen LogP contribution in [0.15, 0.2) is 41.9 Å². The molecule has 7 nitrogen and oxygen atoms in total. The minimum atomic E-state index is -0.269. The minimum absolute atomic E-state index is 0.148. The molecule has 0 saturated carbocycles. The number of thiazole rings is 1. The first-order chi connectivity index (χ1) is 14.1. The lowest BCUT2D eigenvalue weighted by molar-refractivity contribution is -0.122. The van der Waals surface area contributed by atoms with Crippen LogP contribution in [0.2, 0.25) is 0 Å². The number of rotatable bonds is 5. The predicted octanol–water partition coefficient (Wildman–Crippen LogP) is 3.31. The highest BCUT2D eigenvalue weighted by Crippen LogP contribution is 2.29. The van der Waals surface area contributed by atoms with Gasteiger partial charge in [-0.25, -0.2) is 4.98 Å². The average Bonchev–Trinajstić information content (AvgIpc) is 3.43. The highest BCUT2D eigenvalue weighted by molar-refractivity contribution is 7.21. The summed E-state index contributed by atoms with van der Waals surface area (Å²) in [5, 5.41) is 4.96. The highest BCUT2D eigenvalue weighted by Gasteiger charge is 2.28. The van der Waals surface area contributed by atoms with Gasteiger partial charge in [-0.3, -0.25) is 18.9 Å². The molecule has 4 aromatic rings. The Labute approximate surface area is 174 Å². The summed E-state index contributed by atoms with van der Waals surface area (Å²) < 4.78 is 2.00. The largest absolute Gasteiger partial charge is 0.368 e. The number of benzene rings is 1. The van der Waals surface area contributed by atoms with Gasteiger partial charge < -0.3 is 11.1 Å². The van der Waals surface area contributed by atoms with E-state index in [0.29, 0.717) is 11.4 Å². The monoisotopic (exact) mass is 425 g/mol. The van der Waals surface area contributed by atoms with E-state index >= 15 is 0 Å². The van der Waals surface area contributed by atoms with Gasteiger partial charge in [0.25, 0.3) is 5.91 Å². The second-order valence-electron chi connectivity index (χ2n) is 7.15. The summed E-state index contributed by atoms with van der Waals surface area (Å²) in [6.45, 7) is 1.50. The molecule has 1 unspecified atom stereocenters. The van der Waals surface area contributed by atoms with Gasteiger partial charge in [0.1, 0.15) is 4.83 Å². The molecule has 0 bridgehead atoms. The third-order valence-electron chi connectivity index (χ3n) is 5.23. The second kappa shape index (κ2) is 7.25. The lowest BCUT2D eigenvalue weighted by Crippen LogP contribution is -2.39. The zero-order valence-electron chi connectivity index (χ0n) is 15.5. The smallest absolute Gasteiger partial charge is 0.265 e. The summed E-state index contributed by atoms with van der Waals surface area (Å²) in [5.74, 6) is -0.417. The van der Waals surface area contributed by atoms with Crippen LogP contribution < -0.4 is 11.1 Å². The van der Waals surface area contributed by atoms with Crippen LogP contribution in [0.3, 0.4) is 0 Å². The number of primary amides is 1. The first-order valence-electron chi connectivity index (χ1n) is 9.37. The van der Waals surface area contributed by atoms with Crippen molar-refractivity contribution in [2.24, 2.45) is 5.73 Å². The van der Waals surface area contributed by atoms with E-state index in [0.717, 1.165) is 45.9 Å². The van der Waals surface area contributed by atoms with E-state index < -0.39 is 0 Å². The number of nitrogens with zero attached hydrogens (tertiary/aromatic N) is 3. The predicted molar refractivity (Wildman–Crippen MR) is 115 cm³/mol. The van der Waals surface area contributed by atoms with Crippen molar-refractivity contribution in [3.8, 4) is 0 Å². The van der Waals surface area contributed by atoms with Gasteiger partial charge in [0.2, 0.25) is 5.91 Å². The lowest BCUT2D eigenvalue weighted by atomic mass is 10.1. The molecule has 0 aliphatic carbocycles. The minimum Gasteiger partial charge on any atom is -0.368 e. The molecule has 1 fully saturated rings. The normalized spacial score (nSPS) is 17.3. The highest BCUT2D eigenvalue weighted by atomic mass is 32.1. The maximum atomic E-state index is 12.7. The zero-order valence-corrected chi connectivity index (χ0v) is 17.1. The summed E-state index contributed by atoms with van der Waals surface area (Å²) in [7, 11) is 0. The third-order valence-corrected chi connectivity index (χ3v) is 7.00. The van der Waals surface area contributed by atoms with Crippen LogP contribution in [0.5, 0.6) is 0 Å². The maximum absolute atomic E-state index is 12.7. The number of thiophene rings is 1. The molecule has 1 aliphatic rings. The molecule has 1 saturated heterocycles. The standard InChI is InChI=1S/C20H19N5O2S2/c21-17(26)14-5-2-6-24(14)11-12-3-1-4-13(9-12)22-18(27)16-10-15-19(29-16)23-20-25(15)7-8-28-20/h1,3-4,7-10,14H,2,5-6,11H2,(H2,21,26)(H,22,27). The van der Waals surface area contributed by atoms with Crippen molar-refractivity contribution in [2.75, 3.05) is 11.9 Å². The van der Waals surface area contributed by atoms with Gasteiger partial charge in [0.15, 0.2) is 4.96 Å². The number of carbonyl (C=O) groups is 2. The SMILES string of the molecule is NC(=O)C1CCCN1Cc1cccc(NC(=O)c2cc3c(nc4sccn43)s2)c1. The topological polar surface area (TPSA) is 92.7 Å². The second-order valence-corrected chi connectivity index (χ2v) is 9.06. The van der Waals surface area contributed by atoms with Crippen molar-refractivity contribution in [3.05, 3.63) is 52.3 Å². The van der Waals surface area contributed by atoms with Crippen molar-refractivity contribution in [1.29, 1.82) is 0 Å². The Morgan fingerprint density at radius 3 is 3.07 bits per heavy atom. The molecule has 148 valence electrons. The maximum Gasteiger partial charge on any atom is 0.265 e. The fraction of sp³-hybridized carbons (Fsp3) is 0.250. The number of hydrogen-bond acceptors (Lipinski definition) is 6. The molecule has 3 N–H and O–H groups in total. The Morgan fingerprint density at radius 1 is 1.31 bits per heavy atom. The van der Waals surface area contributed by atoms with Gasteiger partial charge in [-0.1, -0.05) is 12.1 Å². The van der Waals surface area contributed by atoms with E-state index in [2.05, 4.69) is 15.2 Å². The van der Waals surface area contributed by atoms with E-state index in [1.165, 1.54) is 11.3 Å². The first kappa shape index (κ1) is 18.3. The first-order valence-corrected chi connectivity index (χ1v) is 11.1. The molecule has 1 atom stereocenters.